The molecule has 2 aliphatic heterocycles. The lowest BCUT2D eigenvalue weighted by Crippen LogP contribution is -2.34. The standard InChI is InChI=1S/C12H16N4O/c17-12(16-7-2-1-3-8-16)11-10-9(14-15-11)5-4-6-13-10/h1-2,13H,3-8H2,(H,14,15). The second-order valence-electron chi connectivity index (χ2n) is 4.47. The molecule has 0 aromatic carbocycles. The van der Waals surface area contributed by atoms with Crippen molar-refractivity contribution in [2.24, 2.45) is 0 Å². The highest BCUT2D eigenvalue weighted by Gasteiger charge is 2.25. The van der Waals surface area contributed by atoms with Crippen LogP contribution in [0.2, 0.25) is 0 Å². The Kier molecular flexibility index (Phi) is 2.59. The Morgan fingerprint density at radius 3 is 3.18 bits per heavy atom. The first-order chi connectivity index (χ1) is 8.36. The summed E-state index contributed by atoms with van der Waals surface area (Å²) in [5, 5.41) is 10.4. The SMILES string of the molecule is O=C(c1n[nH]c2c1NCCC2)N1CC=CCC1. The monoisotopic (exact) mass is 232 g/mol. The van der Waals surface area contributed by atoms with Crippen molar-refractivity contribution in [1.82, 2.24) is 15.1 Å². The van der Waals surface area contributed by atoms with E-state index in [4.69, 9.17) is 0 Å². The molecule has 0 aliphatic carbocycles. The number of amides is 1. The zero-order valence-corrected chi connectivity index (χ0v) is 9.70. The minimum Gasteiger partial charge on any atom is -0.382 e. The molecule has 3 rings (SSSR count). The normalized spacial score (nSPS) is 18.7. The molecular formula is C12H16N4O. The van der Waals surface area contributed by atoms with Gasteiger partial charge >= 0.3 is 0 Å². The van der Waals surface area contributed by atoms with E-state index < -0.39 is 0 Å². The minimum atomic E-state index is 0.0289. The molecule has 5 nitrogen and oxygen atoms in total. The van der Waals surface area contributed by atoms with Crippen LogP contribution < -0.4 is 5.32 Å². The van der Waals surface area contributed by atoms with Gasteiger partial charge in [0.1, 0.15) is 0 Å². The van der Waals surface area contributed by atoms with E-state index in [1.165, 1.54) is 0 Å². The zero-order valence-electron chi connectivity index (χ0n) is 9.70. The fourth-order valence-electron chi connectivity index (χ4n) is 2.36. The second-order valence-corrected chi connectivity index (χ2v) is 4.47. The first kappa shape index (κ1) is 10.4. The van der Waals surface area contributed by atoms with Crippen molar-refractivity contribution in [3.05, 3.63) is 23.5 Å². The van der Waals surface area contributed by atoms with Crippen molar-refractivity contribution >= 4 is 11.6 Å². The van der Waals surface area contributed by atoms with Gasteiger partial charge in [-0.15, -0.1) is 0 Å². The van der Waals surface area contributed by atoms with Gasteiger partial charge in [-0.1, -0.05) is 12.2 Å². The number of nitrogens with zero attached hydrogens (tertiary/aromatic N) is 2. The van der Waals surface area contributed by atoms with E-state index in [1.807, 2.05) is 11.0 Å². The van der Waals surface area contributed by atoms with Gasteiger partial charge in [-0.3, -0.25) is 9.89 Å². The molecule has 0 saturated heterocycles. The van der Waals surface area contributed by atoms with Crippen LogP contribution in [0.4, 0.5) is 5.69 Å². The fourth-order valence-corrected chi connectivity index (χ4v) is 2.36. The van der Waals surface area contributed by atoms with Crippen LogP contribution in [-0.4, -0.2) is 40.6 Å². The van der Waals surface area contributed by atoms with Crippen LogP contribution in [0.15, 0.2) is 12.2 Å². The molecule has 5 heteroatoms. The Balaban J connectivity index is 1.86. The number of carbonyl (C=O) groups excluding carboxylic acids is 1. The lowest BCUT2D eigenvalue weighted by atomic mass is 10.1. The number of carbonyl (C=O) groups is 1. The fraction of sp³-hybridized carbons (Fsp3) is 0.500. The first-order valence-corrected chi connectivity index (χ1v) is 6.11. The van der Waals surface area contributed by atoms with Crippen molar-refractivity contribution in [2.75, 3.05) is 25.0 Å². The summed E-state index contributed by atoms with van der Waals surface area (Å²) < 4.78 is 0. The molecule has 0 unspecified atom stereocenters. The molecule has 1 aromatic rings. The van der Waals surface area contributed by atoms with Crippen LogP contribution >= 0.6 is 0 Å². The molecule has 0 spiro atoms. The number of aromatic amines is 1. The van der Waals surface area contributed by atoms with Crippen molar-refractivity contribution < 1.29 is 4.79 Å². The highest BCUT2D eigenvalue weighted by Crippen LogP contribution is 2.24. The lowest BCUT2D eigenvalue weighted by Gasteiger charge is -2.23. The largest absolute Gasteiger partial charge is 0.382 e. The number of hydrogen-bond donors (Lipinski definition) is 2. The maximum absolute atomic E-state index is 12.3. The van der Waals surface area contributed by atoms with E-state index in [2.05, 4.69) is 21.6 Å². The summed E-state index contributed by atoms with van der Waals surface area (Å²) in [6.45, 7) is 2.41. The predicted molar refractivity (Wildman–Crippen MR) is 65.1 cm³/mol. The van der Waals surface area contributed by atoms with Gasteiger partial charge in [0.25, 0.3) is 5.91 Å². The third-order valence-corrected chi connectivity index (χ3v) is 3.29. The number of H-pyrrole nitrogens is 1. The van der Waals surface area contributed by atoms with Gasteiger partial charge in [0.15, 0.2) is 5.69 Å². The van der Waals surface area contributed by atoms with Crippen molar-refractivity contribution in [3.8, 4) is 0 Å². The summed E-state index contributed by atoms with van der Waals surface area (Å²) in [7, 11) is 0. The third-order valence-electron chi connectivity index (χ3n) is 3.29. The Labute approximate surface area is 99.9 Å². The molecule has 3 heterocycles. The summed E-state index contributed by atoms with van der Waals surface area (Å²) in [4.78, 5) is 14.1. The van der Waals surface area contributed by atoms with Crippen LogP contribution in [0, 0.1) is 0 Å². The number of hydrogen-bond acceptors (Lipinski definition) is 3. The first-order valence-electron chi connectivity index (χ1n) is 6.11. The van der Waals surface area contributed by atoms with E-state index in [-0.39, 0.29) is 5.91 Å². The predicted octanol–water partition coefficient (Wildman–Crippen LogP) is 1.17. The average Bonchev–Trinajstić information content (AvgIpc) is 2.83. The third kappa shape index (κ3) is 1.81. The molecule has 17 heavy (non-hydrogen) atoms. The number of aromatic nitrogens is 2. The smallest absolute Gasteiger partial charge is 0.276 e. The van der Waals surface area contributed by atoms with E-state index in [0.717, 1.165) is 43.7 Å². The van der Waals surface area contributed by atoms with E-state index in [0.29, 0.717) is 12.2 Å². The maximum atomic E-state index is 12.3. The molecule has 0 atom stereocenters. The van der Waals surface area contributed by atoms with E-state index in [1.54, 1.807) is 0 Å². The Morgan fingerprint density at radius 1 is 1.41 bits per heavy atom. The number of nitrogens with one attached hydrogen (secondary N) is 2. The van der Waals surface area contributed by atoms with Crippen LogP contribution in [0.5, 0.6) is 0 Å². The van der Waals surface area contributed by atoms with E-state index >= 15 is 0 Å². The summed E-state index contributed by atoms with van der Waals surface area (Å²) in [6.07, 6.45) is 7.15. The summed E-state index contributed by atoms with van der Waals surface area (Å²) in [6, 6.07) is 0. The molecule has 2 N–H and O–H groups in total. The van der Waals surface area contributed by atoms with Crippen molar-refractivity contribution in [3.63, 3.8) is 0 Å². The number of anilines is 1. The van der Waals surface area contributed by atoms with Gasteiger partial charge in [-0.25, -0.2) is 0 Å². The number of aryl methyl sites for hydroxylation is 1. The quantitative estimate of drug-likeness (QED) is 0.714. The summed E-state index contributed by atoms with van der Waals surface area (Å²) in [5.74, 6) is 0.0289. The van der Waals surface area contributed by atoms with Crippen molar-refractivity contribution in [2.45, 2.75) is 19.3 Å². The topological polar surface area (TPSA) is 61.0 Å². The van der Waals surface area contributed by atoms with Gasteiger partial charge in [-0.05, 0) is 19.3 Å². The van der Waals surface area contributed by atoms with Gasteiger partial charge in [-0.2, -0.15) is 5.10 Å². The number of fused-ring (bicyclic) bond motifs is 1. The second kappa shape index (κ2) is 4.24. The Hall–Kier alpha value is -1.78. The zero-order chi connectivity index (χ0) is 11.7. The molecule has 0 bridgehead atoms. The molecule has 1 amide bonds. The molecule has 90 valence electrons. The summed E-state index contributed by atoms with van der Waals surface area (Å²) >= 11 is 0. The molecule has 0 saturated carbocycles. The Morgan fingerprint density at radius 2 is 2.35 bits per heavy atom. The molecular weight excluding hydrogens is 216 g/mol. The van der Waals surface area contributed by atoms with Gasteiger partial charge < -0.3 is 10.2 Å². The molecule has 2 aliphatic rings. The Bertz CT molecular complexity index is 463. The minimum absolute atomic E-state index is 0.0289. The number of rotatable bonds is 1. The molecule has 0 radical (unpaired) electrons. The van der Waals surface area contributed by atoms with Crippen molar-refractivity contribution in [1.29, 1.82) is 0 Å². The van der Waals surface area contributed by atoms with Crippen LogP contribution in [0.3, 0.4) is 0 Å². The van der Waals surface area contributed by atoms with Crippen LogP contribution in [-0.2, 0) is 6.42 Å². The highest BCUT2D eigenvalue weighted by molar-refractivity contribution is 5.98. The average molecular weight is 232 g/mol. The van der Waals surface area contributed by atoms with Crippen LogP contribution in [0.1, 0.15) is 29.0 Å². The van der Waals surface area contributed by atoms with Crippen LogP contribution in [0.25, 0.3) is 0 Å². The lowest BCUT2D eigenvalue weighted by molar-refractivity contribution is 0.0766. The molecule has 1 aromatic heterocycles. The summed E-state index contributed by atoms with van der Waals surface area (Å²) in [5.41, 5.74) is 2.53. The molecule has 0 fully saturated rings. The van der Waals surface area contributed by atoms with Gasteiger partial charge in [0.05, 0.1) is 11.4 Å². The van der Waals surface area contributed by atoms with Gasteiger partial charge in [0, 0.05) is 19.6 Å². The van der Waals surface area contributed by atoms with E-state index in [9.17, 15) is 4.79 Å². The van der Waals surface area contributed by atoms with Gasteiger partial charge in [0.2, 0.25) is 0 Å². The maximum Gasteiger partial charge on any atom is 0.276 e. The highest BCUT2D eigenvalue weighted by atomic mass is 16.2.